The summed E-state index contributed by atoms with van der Waals surface area (Å²) in [5.41, 5.74) is 8.08. The molecule has 110 valence electrons. The number of nitrogens with two attached hydrogens (primary N) is 1. The molecule has 0 unspecified atom stereocenters. The minimum Gasteiger partial charge on any atom is -0.492 e. The molecule has 0 fully saturated rings. The van der Waals surface area contributed by atoms with Crippen molar-refractivity contribution >= 4 is 11.6 Å². The smallest absolute Gasteiger partial charge is 0.251 e. The first-order valence-electron chi connectivity index (χ1n) is 7.05. The number of nitrogen functional groups attached to an aromatic ring is 1. The van der Waals surface area contributed by atoms with Gasteiger partial charge in [0.2, 0.25) is 0 Å². The normalized spacial score (nSPS) is 10.1. The van der Waals surface area contributed by atoms with Gasteiger partial charge in [-0.25, -0.2) is 0 Å². The Hall–Kier alpha value is -2.49. The number of hydrogen-bond donors (Lipinski definition) is 2. The van der Waals surface area contributed by atoms with Crippen LogP contribution in [0.1, 0.15) is 22.8 Å². The quantitative estimate of drug-likeness (QED) is 0.801. The Kier molecular flexibility index (Phi) is 5.21. The maximum atomic E-state index is 12.0. The van der Waals surface area contributed by atoms with Crippen LogP contribution in [0, 0.1) is 0 Å². The highest BCUT2D eigenvalue weighted by Crippen LogP contribution is 2.22. The Labute approximate surface area is 124 Å². The van der Waals surface area contributed by atoms with Crippen LogP contribution in [0.25, 0.3) is 0 Å². The van der Waals surface area contributed by atoms with Gasteiger partial charge in [0.15, 0.2) is 0 Å². The minimum absolute atomic E-state index is 0.124. The van der Waals surface area contributed by atoms with E-state index in [0.29, 0.717) is 30.2 Å². The van der Waals surface area contributed by atoms with Crippen molar-refractivity contribution in [2.24, 2.45) is 0 Å². The number of carbonyl (C=O) groups is 1. The van der Waals surface area contributed by atoms with Crippen molar-refractivity contribution in [1.29, 1.82) is 0 Å². The van der Waals surface area contributed by atoms with E-state index < -0.39 is 0 Å². The summed E-state index contributed by atoms with van der Waals surface area (Å²) in [6.45, 7) is 3.03. The molecule has 0 saturated heterocycles. The first-order chi connectivity index (χ1) is 10.2. The molecule has 0 aliphatic heterocycles. The van der Waals surface area contributed by atoms with Gasteiger partial charge >= 0.3 is 0 Å². The third kappa shape index (κ3) is 4.24. The standard InChI is InChI=1S/C17H20N2O2/c1-2-21-16-9-8-14(12-15(16)18)17(20)19-11-10-13-6-4-3-5-7-13/h3-9,12H,2,10-11,18H2,1H3,(H,19,20). The molecule has 0 bridgehead atoms. The number of rotatable bonds is 6. The Bertz CT molecular complexity index is 597. The molecular weight excluding hydrogens is 264 g/mol. The first kappa shape index (κ1) is 14.9. The van der Waals surface area contributed by atoms with Crippen molar-refractivity contribution in [3.8, 4) is 5.75 Å². The lowest BCUT2D eigenvalue weighted by atomic mass is 10.1. The summed E-state index contributed by atoms with van der Waals surface area (Å²) in [4.78, 5) is 12.0. The third-order valence-corrected chi connectivity index (χ3v) is 3.11. The predicted molar refractivity (Wildman–Crippen MR) is 84.5 cm³/mol. The van der Waals surface area contributed by atoms with Gasteiger partial charge in [0.05, 0.1) is 12.3 Å². The van der Waals surface area contributed by atoms with E-state index in [9.17, 15) is 4.79 Å². The van der Waals surface area contributed by atoms with Gasteiger partial charge in [-0.1, -0.05) is 30.3 Å². The summed E-state index contributed by atoms with van der Waals surface area (Å²) < 4.78 is 5.35. The van der Waals surface area contributed by atoms with E-state index in [4.69, 9.17) is 10.5 Å². The molecule has 0 aliphatic carbocycles. The summed E-state index contributed by atoms with van der Waals surface area (Å²) in [7, 11) is 0. The van der Waals surface area contributed by atoms with Crippen molar-refractivity contribution in [3.05, 3.63) is 59.7 Å². The second kappa shape index (κ2) is 7.33. The minimum atomic E-state index is -0.124. The van der Waals surface area contributed by atoms with Gasteiger partial charge in [0, 0.05) is 12.1 Å². The zero-order valence-corrected chi connectivity index (χ0v) is 12.1. The molecule has 0 heterocycles. The second-order valence-corrected chi connectivity index (χ2v) is 4.68. The first-order valence-corrected chi connectivity index (χ1v) is 7.05. The lowest BCUT2D eigenvalue weighted by molar-refractivity contribution is 0.0954. The Morgan fingerprint density at radius 1 is 1.19 bits per heavy atom. The molecule has 3 N–H and O–H groups in total. The molecule has 2 aromatic rings. The van der Waals surface area contributed by atoms with Crippen LogP contribution in [-0.2, 0) is 6.42 Å². The van der Waals surface area contributed by atoms with Crippen LogP contribution in [0.4, 0.5) is 5.69 Å². The molecular formula is C17H20N2O2. The fraction of sp³-hybridized carbons (Fsp3) is 0.235. The summed E-state index contributed by atoms with van der Waals surface area (Å²) in [5.74, 6) is 0.485. The molecule has 1 amide bonds. The number of carbonyl (C=O) groups excluding carboxylic acids is 1. The Balaban J connectivity index is 1.90. The van der Waals surface area contributed by atoms with E-state index in [0.717, 1.165) is 6.42 Å². The average molecular weight is 284 g/mol. The van der Waals surface area contributed by atoms with Crippen LogP contribution in [0.5, 0.6) is 5.75 Å². The van der Waals surface area contributed by atoms with Gasteiger partial charge in [0.25, 0.3) is 5.91 Å². The predicted octanol–water partition coefficient (Wildman–Crippen LogP) is 2.64. The van der Waals surface area contributed by atoms with Crippen LogP contribution >= 0.6 is 0 Å². The molecule has 0 spiro atoms. The van der Waals surface area contributed by atoms with Gasteiger partial charge in [-0.3, -0.25) is 4.79 Å². The van der Waals surface area contributed by atoms with Crippen molar-refractivity contribution < 1.29 is 9.53 Å². The fourth-order valence-corrected chi connectivity index (χ4v) is 2.04. The molecule has 4 heteroatoms. The van der Waals surface area contributed by atoms with Gasteiger partial charge in [-0.2, -0.15) is 0 Å². The van der Waals surface area contributed by atoms with Crippen LogP contribution in [0.2, 0.25) is 0 Å². The van der Waals surface area contributed by atoms with Crippen LogP contribution < -0.4 is 15.8 Å². The van der Waals surface area contributed by atoms with Crippen LogP contribution in [-0.4, -0.2) is 19.1 Å². The molecule has 2 aromatic carbocycles. The van der Waals surface area contributed by atoms with Crippen molar-refractivity contribution in [1.82, 2.24) is 5.32 Å². The van der Waals surface area contributed by atoms with Crippen molar-refractivity contribution in [2.45, 2.75) is 13.3 Å². The van der Waals surface area contributed by atoms with Gasteiger partial charge < -0.3 is 15.8 Å². The van der Waals surface area contributed by atoms with Gasteiger partial charge in [-0.15, -0.1) is 0 Å². The monoisotopic (exact) mass is 284 g/mol. The topological polar surface area (TPSA) is 64.3 Å². The van der Waals surface area contributed by atoms with E-state index >= 15 is 0 Å². The maximum absolute atomic E-state index is 12.0. The molecule has 2 rings (SSSR count). The third-order valence-electron chi connectivity index (χ3n) is 3.11. The number of ether oxygens (including phenoxy) is 1. The number of amides is 1. The summed E-state index contributed by atoms with van der Waals surface area (Å²) in [6, 6.07) is 15.1. The highest BCUT2D eigenvalue weighted by Gasteiger charge is 2.08. The Morgan fingerprint density at radius 3 is 2.62 bits per heavy atom. The highest BCUT2D eigenvalue weighted by molar-refractivity contribution is 5.95. The van der Waals surface area contributed by atoms with E-state index in [1.807, 2.05) is 37.3 Å². The largest absolute Gasteiger partial charge is 0.492 e. The van der Waals surface area contributed by atoms with Crippen LogP contribution in [0.3, 0.4) is 0 Å². The molecule has 0 aliphatic rings. The summed E-state index contributed by atoms with van der Waals surface area (Å²) in [6.07, 6.45) is 0.805. The van der Waals surface area contributed by atoms with E-state index in [-0.39, 0.29) is 5.91 Å². The molecule has 0 atom stereocenters. The Morgan fingerprint density at radius 2 is 1.95 bits per heavy atom. The fourth-order valence-electron chi connectivity index (χ4n) is 2.04. The summed E-state index contributed by atoms with van der Waals surface area (Å²) in [5, 5.41) is 2.89. The van der Waals surface area contributed by atoms with Crippen LogP contribution in [0.15, 0.2) is 48.5 Å². The molecule has 0 radical (unpaired) electrons. The van der Waals surface area contributed by atoms with E-state index in [1.54, 1.807) is 18.2 Å². The SMILES string of the molecule is CCOc1ccc(C(=O)NCCc2ccccc2)cc1N. The molecule has 0 aromatic heterocycles. The number of anilines is 1. The average Bonchev–Trinajstić information content (AvgIpc) is 2.50. The zero-order chi connectivity index (χ0) is 15.1. The summed E-state index contributed by atoms with van der Waals surface area (Å²) >= 11 is 0. The van der Waals surface area contributed by atoms with Gasteiger partial charge in [-0.05, 0) is 37.1 Å². The lowest BCUT2D eigenvalue weighted by Crippen LogP contribution is -2.25. The number of nitrogens with one attached hydrogen (secondary N) is 1. The second-order valence-electron chi connectivity index (χ2n) is 4.68. The van der Waals surface area contributed by atoms with Crippen molar-refractivity contribution in [2.75, 3.05) is 18.9 Å². The number of benzene rings is 2. The van der Waals surface area contributed by atoms with E-state index in [2.05, 4.69) is 5.32 Å². The maximum Gasteiger partial charge on any atom is 0.251 e. The molecule has 0 saturated carbocycles. The lowest BCUT2D eigenvalue weighted by Gasteiger charge is -2.09. The van der Waals surface area contributed by atoms with Gasteiger partial charge in [0.1, 0.15) is 5.75 Å². The zero-order valence-electron chi connectivity index (χ0n) is 12.1. The molecule has 21 heavy (non-hydrogen) atoms. The molecule has 4 nitrogen and oxygen atoms in total. The van der Waals surface area contributed by atoms with E-state index in [1.165, 1.54) is 5.56 Å². The van der Waals surface area contributed by atoms with Crippen molar-refractivity contribution in [3.63, 3.8) is 0 Å². The highest BCUT2D eigenvalue weighted by atomic mass is 16.5. The number of hydrogen-bond acceptors (Lipinski definition) is 3.